The number of aromatic nitrogens is 2. The average Bonchev–Trinajstić information content (AvgIpc) is 2.61. The van der Waals surface area contributed by atoms with Gasteiger partial charge in [0.15, 0.2) is 5.78 Å². The van der Waals surface area contributed by atoms with Crippen LogP contribution in [0.15, 0.2) is 6.07 Å². The largest absolute Gasteiger partial charge is 0.298 e. The standard InChI is InChI=1S/C13H17N3O/c1-10-7-11(16(2)15-10)8-13(9-14)6-4-3-5-12(13)17/h7H,3-6,8H2,1-2H3. The fraction of sp³-hybridized carbons (Fsp3) is 0.615. The SMILES string of the molecule is Cc1cc(CC2(C#N)CCCCC2=O)n(C)n1. The lowest BCUT2D eigenvalue weighted by molar-refractivity contribution is -0.128. The van der Waals surface area contributed by atoms with Crippen LogP contribution in [0.3, 0.4) is 0 Å². The smallest absolute Gasteiger partial charge is 0.153 e. The molecule has 1 heterocycles. The zero-order valence-electron chi connectivity index (χ0n) is 10.4. The van der Waals surface area contributed by atoms with Crippen molar-refractivity contribution in [2.75, 3.05) is 0 Å². The van der Waals surface area contributed by atoms with Crippen molar-refractivity contribution in [1.29, 1.82) is 5.26 Å². The highest BCUT2D eigenvalue weighted by Gasteiger charge is 2.40. The molecule has 2 rings (SSSR count). The first kappa shape index (κ1) is 11.8. The molecule has 1 fully saturated rings. The van der Waals surface area contributed by atoms with Crippen molar-refractivity contribution in [3.05, 3.63) is 17.5 Å². The number of rotatable bonds is 2. The normalized spacial score (nSPS) is 24.6. The fourth-order valence-corrected chi connectivity index (χ4v) is 2.57. The van der Waals surface area contributed by atoms with E-state index in [1.54, 1.807) is 4.68 Å². The summed E-state index contributed by atoms with van der Waals surface area (Å²) in [4.78, 5) is 12.0. The monoisotopic (exact) mass is 231 g/mol. The van der Waals surface area contributed by atoms with Crippen LogP contribution in [0.4, 0.5) is 0 Å². The number of carbonyl (C=O) groups excluding carboxylic acids is 1. The molecule has 0 N–H and O–H groups in total. The number of carbonyl (C=O) groups is 1. The second kappa shape index (κ2) is 4.33. The first-order valence-electron chi connectivity index (χ1n) is 6.01. The molecule has 0 radical (unpaired) electrons. The van der Waals surface area contributed by atoms with Crippen LogP contribution in [0.25, 0.3) is 0 Å². The lowest BCUT2D eigenvalue weighted by atomic mass is 9.71. The first-order chi connectivity index (χ1) is 8.07. The highest BCUT2D eigenvalue weighted by molar-refractivity contribution is 5.88. The number of aryl methyl sites for hydroxylation is 2. The van der Waals surface area contributed by atoms with Gasteiger partial charge in [0.2, 0.25) is 0 Å². The molecule has 90 valence electrons. The molecule has 0 saturated heterocycles. The molecule has 4 nitrogen and oxygen atoms in total. The Morgan fingerprint density at radius 3 is 2.88 bits per heavy atom. The molecule has 1 saturated carbocycles. The molecule has 0 bridgehead atoms. The van der Waals surface area contributed by atoms with Gasteiger partial charge in [-0.15, -0.1) is 0 Å². The van der Waals surface area contributed by atoms with Gasteiger partial charge in [0.05, 0.1) is 11.8 Å². The third-order valence-electron chi connectivity index (χ3n) is 3.59. The number of nitrogens with zero attached hydrogens (tertiary/aromatic N) is 3. The molecule has 0 aromatic carbocycles. The van der Waals surface area contributed by atoms with Crippen molar-refractivity contribution in [3.63, 3.8) is 0 Å². The highest BCUT2D eigenvalue weighted by atomic mass is 16.1. The number of nitriles is 1. The molecule has 0 spiro atoms. The molecule has 1 atom stereocenters. The Balaban J connectivity index is 2.28. The molecule has 1 aliphatic rings. The van der Waals surface area contributed by atoms with Crippen LogP contribution >= 0.6 is 0 Å². The molecule has 1 aliphatic carbocycles. The summed E-state index contributed by atoms with van der Waals surface area (Å²) < 4.78 is 1.77. The highest BCUT2D eigenvalue weighted by Crippen LogP contribution is 2.35. The maximum absolute atomic E-state index is 12.0. The van der Waals surface area contributed by atoms with Crippen molar-refractivity contribution in [3.8, 4) is 6.07 Å². The van der Waals surface area contributed by atoms with Gasteiger partial charge in [0.25, 0.3) is 0 Å². The van der Waals surface area contributed by atoms with Gasteiger partial charge in [-0.2, -0.15) is 10.4 Å². The van der Waals surface area contributed by atoms with Crippen LogP contribution in [0.2, 0.25) is 0 Å². The van der Waals surface area contributed by atoms with E-state index in [0.29, 0.717) is 19.3 Å². The summed E-state index contributed by atoms with van der Waals surface area (Å²) >= 11 is 0. The van der Waals surface area contributed by atoms with E-state index in [2.05, 4.69) is 11.2 Å². The van der Waals surface area contributed by atoms with Crippen molar-refractivity contribution in [1.82, 2.24) is 9.78 Å². The molecule has 1 unspecified atom stereocenters. The van der Waals surface area contributed by atoms with Crippen LogP contribution in [-0.4, -0.2) is 15.6 Å². The summed E-state index contributed by atoms with van der Waals surface area (Å²) in [6.45, 7) is 1.92. The molecule has 0 amide bonds. The Morgan fingerprint density at radius 2 is 2.35 bits per heavy atom. The summed E-state index contributed by atoms with van der Waals surface area (Å²) in [7, 11) is 1.86. The van der Waals surface area contributed by atoms with Crippen molar-refractivity contribution >= 4 is 5.78 Å². The van der Waals surface area contributed by atoms with Gasteiger partial charge in [-0.25, -0.2) is 0 Å². The molecular formula is C13H17N3O. The minimum Gasteiger partial charge on any atom is -0.298 e. The summed E-state index contributed by atoms with van der Waals surface area (Å²) in [5.74, 6) is 0.102. The second-order valence-corrected chi connectivity index (χ2v) is 4.90. The molecule has 4 heteroatoms. The average molecular weight is 231 g/mol. The van der Waals surface area contributed by atoms with Gasteiger partial charge in [-0.3, -0.25) is 9.48 Å². The Morgan fingerprint density at radius 1 is 1.59 bits per heavy atom. The molecule has 1 aromatic heterocycles. The van der Waals surface area contributed by atoms with E-state index in [1.165, 1.54) is 0 Å². The maximum atomic E-state index is 12.0. The third-order valence-corrected chi connectivity index (χ3v) is 3.59. The Hall–Kier alpha value is -1.63. The van der Waals surface area contributed by atoms with Crippen LogP contribution in [0.1, 0.15) is 37.1 Å². The minimum absolute atomic E-state index is 0.102. The first-order valence-corrected chi connectivity index (χ1v) is 6.01. The van der Waals surface area contributed by atoms with E-state index < -0.39 is 5.41 Å². The van der Waals surface area contributed by atoms with Crippen molar-refractivity contribution in [2.24, 2.45) is 12.5 Å². The van der Waals surface area contributed by atoms with Gasteiger partial charge in [-0.05, 0) is 25.8 Å². The molecular weight excluding hydrogens is 214 g/mol. The van der Waals surface area contributed by atoms with E-state index in [9.17, 15) is 10.1 Å². The van der Waals surface area contributed by atoms with E-state index in [4.69, 9.17) is 0 Å². The molecule has 17 heavy (non-hydrogen) atoms. The number of ketones is 1. The lowest BCUT2D eigenvalue weighted by Crippen LogP contribution is -2.35. The van der Waals surface area contributed by atoms with Gasteiger partial charge >= 0.3 is 0 Å². The van der Waals surface area contributed by atoms with Crippen LogP contribution in [-0.2, 0) is 18.3 Å². The second-order valence-electron chi connectivity index (χ2n) is 4.90. The maximum Gasteiger partial charge on any atom is 0.153 e. The predicted molar refractivity (Wildman–Crippen MR) is 63.2 cm³/mol. The predicted octanol–water partition coefficient (Wildman–Crippen LogP) is 1.92. The summed E-state index contributed by atoms with van der Waals surface area (Å²) in [6, 6.07) is 4.22. The number of hydrogen-bond donors (Lipinski definition) is 0. The Kier molecular flexibility index (Phi) is 3.01. The zero-order chi connectivity index (χ0) is 12.5. The molecule has 1 aromatic rings. The molecule has 0 aliphatic heterocycles. The van der Waals surface area contributed by atoms with Gasteiger partial charge in [0, 0.05) is 25.6 Å². The van der Waals surface area contributed by atoms with Crippen LogP contribution in [0, 0.1) is 23.7 Å². The van der Waals surface area contributed by atoms with Gasteiger partial charge < -0.3 is 0 Å². The van der Waals surface area contributed by atoms with E-state index in [0.717, 1.165) is 24.2 Å². The Bertz CT molecular complexity index is 483. The van der Waals surface area contributed by atoms with E-state index >= 15 is 0 Å². The fourth-order valence-electron chi connectivity index (χ4n) is 2.57. The van der Waals surface area contributed by atoms with E-state index in [1.807, 2.05) is 20.0 Å². The van der Waals surface area contributed by atoms with Crippen LogP contribution < -0.4 is 0 Å². The summed E-state index contributed by atoms with van der Waals surface area (Å²) in [6.07, 6.45) is 3.62. The van der Waals surface area contributed by atoms with Gasteiger partial charge in [0.1, 0.15) is 5.41 Å². The van der Waals surface area contributed by atoms with Gasteiger partial charge in [-0.1, -0.05) is 6.42 Å². The summed E-state index contributed by atoms with van der Waals surface area (Å²) in [5, 5.41) is 13.6. The van der Waals surface area contributed by atoms with Crippen molar-refractivity contribution < 1.29 is 4.79 Å². The topological polar surface area (TPSA) is 58.7 Å². The third kappa shape index (κ3) is 2.10. The Labute approximate surface area is 101 Å². The number of hydrogen-bond acceptors (Lipinski definition) is 3. The van der Waals surface area contributed by atoms with Crippen molar-refractivity contribution in [2.45, 2.75) is 39.0 Å². The quantitative estimate of drug-likeness (QED) is 0.781. The number of Topliss-reactive ketones (excluding diaryl/α,β-unsaturated/α-hetero) is 1. The summed E-state index contributed by atoms with van der Waals surface area (Å²) in [5.41, 5.74) is 1.09. The minimum atomic E-state index is -0.807. The van der Waals surface area contributed by atoms with E-state index in [-0.39, 0.29) is 5.78 Å². The zero-order valence-corrected chi connectivity index (χ0v) is 10.4. The van der Waals surface area contributed by atoms with Crippen LogP contribution in [0.5, 0.6) is 0 Å². The lowest BCUT2D eigenvalue weighted by Gasteiger charge is -2.28.